The number of hydrogen-bond acceptors (Lipinski definition) is 1. The van der Waals surface area contributed by atoms with Gasteiger partial charge in [-0.25, -0.2) is 4.39 Å². The lowest BCUT2D eigenvalue weighted by molar-refractivity contribution is 0.112. The highest BCUT2D eigenvalue weighted by Gasteiger charge is 2.05. The Hall–Kier alpha value is -0.700. The van der Waals surface area contributed by atoms with Gasteiger partial charge in [-0.1, -0.05) is 6.92 Å². The van der Waals surface area contributed by atoms with Gasteiger partial charge >= 0.3 is 0 Å². The molecule has 0 fully saturated rings. The number of benzene rings is 1. The van der Waals surface area contributed by atoms with Gasteiger partial charge in [-0.15, -0.1) is 0 Å². The number of halogens is 2. The van der Waals surface area contributed by atoms with E-state index < -0.39 is 0 Å². The Morgan fingerprint density at radius 1 is 1.58 bits per heavy atom. The summed E-state index contributed by atoms with van der Waals surface area (Å²) in [5.41, 5.74) is 1.18. The van der Waals surface area contributed by atoms with Crippen LogP contribution in [0.15, 0.2) is 16.6 Å². The average molecular weight is 231 g/mol. The molecule has 0 aromatic heterocycles. The summed E-state index contributed by atoms with van der Waals surface area (Å²) in [5, 5.41) is 0. The van der Waals surface area contributed by atoms with E-state index in [-0.39, 0.29) is 5.82 Å². The summed E-state index contributed by atoms with van der Waals surface area (Å²) in [6.45, 7) is 1.91. The van der Waals surface area contributed by atoms with E-state index in [0.29, 0.717) is 22.7 Å². The number of aryl methyl sites for hydroxylation is 1. The lowest BCUT2D eigenvalue weighted by Crippen LogP contribution is -1.91. The molecule has 0 aliphatic carbocycles. The van der Waals surface area contributed by atoms with Crippen LogP contribution < -0.4 is 0 Å². The molecule has 0 saturated heterocycles. The minimum absolute atomic E-state index is 0.364. The molecule has 0 atom stereocenters. The largest absolute Gasteiger partial charge is 0.298 e. The summed E-state index contributed by atoms with van der Waals surface area (Å²) in [4.78, 5) is 10.5. The fraction of sp³-hybridized carbons (Fsp3) is 0.222. The van der Waals surface area contributed by atoms with E-state index in [0.717, 1.165) is 5.56 Å². The first kappa shape index (κ1) is 9.39. The Balaban J connectivity index is 3.31. The first-order valence-electron chi connectivity index (χ1n) is 3.62. The molecule has 1 rings (SSSR count). The lowest BCUT2D eigenvalue weighted by Gasteiger charge is -2.03. The van der Waals surface area contributed by atoms with Crippen molar-refractivity contribution >= 4 is 22.2 Å². The molecule has 0 spiro atoms. The molecule has 3 heteroatoms. The molecular weight excluding hydrogens is 223 g/mol. The van der Waals surface area contributed by atoms with Gasteiger partial charge < -0.3 is 0 Å². The van der Waals surface area contributed by atoms with Crippen LogP contribution in [0.1, 0.15) is 22.8 Å². The van der Waals surface area contributed by atoms with Crippen molar-refractivity contribution < 1.29 is 9.18 Å². The van der Waals surface area contributed by atoms with Crippen LogP contribution in [0.5, 0.6) is 0 Å². The third-order valence-electron chi connectivity index (χ3n) is 1.65. The predicted molar refractivity (Wildman–Crippen MR) is 48.9 cm³/mol. The first-order chi connectivity index (χ1) is 5.69. The van der Waals surface area contributed by atoms with Crippen LogP contribution in [0, 0.1) is 5.82 Å². The topological polar surface area (TPSA) is 17.1 Å². The predicted octanol–water partition coefficient (Wildman–Crippen LogP) is 2.96. The Kier molecular flexibility index (Phi) is 2.98. The summed E-state index contributed by atoms with van der Waals surface area (Å²) in [7, 11) is 0. The Morgan fingerprint density at radius 2 is 2.25 bits per heavy atom. The SMILES string of the molecule is CCc1cc(F)cc(C=O)c1Br. The van der Waals surface area contributed by atoms with Crippen molar-refractivity contribution in [3.8, 4) is 0 Å². The Labute approximate surface area is 78.7 Å². The molecule has 0 radical (unpaired) electrons. The Morgan fingerprint density at radius 3 is 2.75 bits per heavy atom. The first-order valence-corrected chi connectivity index (χ1v) is 4.41. The van der Waals surface area contributed by atoms with Gasteiger partial charge in [0, 0.05) is 10.0 Å². The van der Waals surface area contributed by atoms with Crippen LogP contribution in [0.2, 0.25) is 0 Å². The molecule has 0 unspecified atom stereocenters. The van der Waals surface area contributed by atoms with Crippen LogP contribution in [-0.4, -0.2) is 6.29 Å². The second-order valence-electron chi connectivity index (χ2n) is 2.44. The summed E-state index contributed by atoms with van der Waals surface area (Å²) < 4.78 is 13.5. The fourth-order valence-electron chi connectivity index (χ4n) is 1.01. The number of hydrogen-bond donors (Lipinski definition) is 0. The zero-order valence-electron chi connectivity index (χ0n) is 6.60. The maximum Gasteiger partial charge on any atom is 0.151 e. The molecule has 1 aromatic carbocycles. The van der Waals surface area contributed by atoms with Crippen LogP contribution in [-0.2, 0) is 6.42 Å². The highest BCUT2D eigenvalue weighted by molar-refractivity contribution is 9.10. The minimum atomic E-state index is -0.364. The van der Waals surface area contributed by atoms with Gasteiger partial charge in [0.15, 0.2) is 6.29 Å². The maximum absolute atomic E-state index is 12.8. The molecule has 1 aromatic rings. The van der Waals surface area contributed by atoms with E-state index in [1.165, 1.54) is 12.1 Å². The Bertz CT molecular complexity index is 310. The van der Waals surface area contributed by atoms with Gasteiger partial charge in [-0.3, -0.25) is 4.79 Å². The second-order valence-corrected chi connectivity index (χ2v) is 3.23. The molecule has 0 N–H and O–H groups in total. The second kappa shape index (κ2) is 3.81. The van der Waals surface area contributed by atoms with Crippen LogP contribution >= 0.6 is 15.9 Å². The van der Waals surface area contributed by atoms with E-state index in [2.05, 4.69) is 15.9 Å². The molecule has 0 saturated carbocycles. The lowest BCUT2D eigenvalue weighted by atomic mass is 10.1. The highest BCUT2D eigenvalue weighted by atomic mass is 79.9. The molecule has 1 nitrogen and oxygen atoms in total. The van der Waals surface area contributed by atoms with Crippen molar-refractivity contribution in [2.24, 2.45) is 0 Å². The molecule has 0 heterocycles. The normalized spacial score (nSPS) is 9.92. The molecule has 64 valence electrons. The van der Waals surface area contributed by atoms with Crippen LogP contribution in [0.25, 0.3) is 0 Å². The quantitative estimate of drug-likeness (QED) is 0.715. The molecule has 12 heavy (non-hydrogen) atoms. The number of rotatable bonds is 2. The zero-order valence-corrected chi connectivity index (χ0v) is 8.19. The summed E-state index contributed by atoms with van der Waals surface area (Å²) in [5.74, 6) is -0.364. The van der Waals surface area contributed by atoms with Crippen molar-refractivity contribution in [1.82, 2.24) is 0 Å². The third-order valence-corrected chi connectivity index (χ3v) is 2.62. The smallest absolute Gasteiger partial charge is 0.151 e. The van der Waals surface area contributed by atoms with E-state index >= 15 is 0 Å². The number of carbonyl (C=O) groups is 1. The highest BCUT2D eigenvalue weighted by Crippen LogP contribution is 2.22. The van der Waals surface area contributed by atoms with Gasteiger partial charge in [-0.2, -0.15) is 0 Å². The van der Waals surface area contributed by atoms with E-state index in [9.17, 15) is 9.18 Å². The van der Waals surface area contributed by atoms with Gasteiger partial charge in [0.1, 0.15) is 5.82 Å². The summed E-state index contributed by atoms with van der Waals surface area (Å²) >= 11 is 3.24. The fourth-order valence-corrected chi connectivity index (χ4v) is 1.61. The summed E-state index contributed by atoms with van der Waals surface area (Å²) in [6.07, 6.45) is 1.35. The minimum Gasteiger partial charge on any atom is -0.298 e. The number of aldehydes is 1. The van der Waals surface area contributed by atoms with Gasteiger partial charge in [0.05, 0.1) is 0 Å². The maximum atomic E-state index is 12.8. The van der Waals surface area contributed by atoms with E-state index in [1.807, 2.05) is 6.92 Å². The van der Waals surface area contributed by atoms with Crippen LogP contribution in [0.3, 0.4) is 0 Å². The van der Waals surface area contributed by atoms with Crippen molar-refractivity contribution in [2.45, 2.75) is 13.3 Å². The van der Waals surface area contributed by atoms with Gasteiger partial charge in [-0.05, 0) is 40.0 Å². The molecule has 0 aliphatic rings. The van der Waals surface area contributed by atoms with E-state index in [1.54, 1.807) is 0 Å². The molecule has 0 aliphatic heterocycles. The van der Waals surface area contributed by atoms with Crippen molar-refractivity contribution in [3.05, 3.63) is 33.5 Å². The van der Waals surface area contributed by atoms with Gasteiger partial charge in [0.2, 0.25) is 0 Å². The van der Waals surface area contributed by atoms with Crippen LogP contribution in [0.4, 0.5) is 4.39 Å². The van der Waals surface area contributed by atoms with Crippen molar-refractivity contribution in [1.29, 1.82) is 0 Å². The number of carbonyl (C=O) groups excluding carboxylic acids is 1. The van der Waals surface area contributed by atoms with Gasteiger partial charge in [0.25, 0.3) is 0 Å². The average Bonchev–Trinajstić information content (AvgIpc) is 2.08. The zero-order chi connectivity index (χ0) is 9.14. The molecule has 0 amide bonds. The van der Waals surface area contributed by atoms with Crippen molar-refractivity contribution in [2.75, 3.05) is 0 Å². The third kappa shape index (κ3) is 1.72. The molecular formula is C9H8BrFO. The van der Waals surface area contributed by atoms with Crippen molar-refractivity contribution in [3.63, 3.8) is 0 Å². The van der Waals surface area contributed by atoms with E-state index in [4.69, 9.17) is 0 Å². The monoisotopic (exact) mass is 230 g/mol. The summed E-state index contributed by atoms with van der Waals surface area (Å²) in [6, 6.07) is 2.65. The molecule has 0 bridgehead atoms. The standard InChI is InChI=1S/C9H8BrFO/c1-2-6-3-8(11)4-7(5-12)9(6)10/h3-5H,2H2,1H3.